The Balaban J connectivity index is 0.000000323. The summed E-state index contributed by atoms with van der Waals surface area (Å²) in [5.74, 6) is 0.0958. The average molecular weight is 477 g/mol. The lowest BCUT2D eigenvalue weighted by molar-refractivity contribution is -0.153. The van der Waals surface area contributed by atoms with Gasteiger partial charge in [-0.2, -0.15) is 13.2 Å². The molecule has 0 bridgehead atoms. The van der Waals surface area contributed by atoms with Crippen LogP contribution in [0, 0.1) is 6.92 Å². The number of pyridine rings is 1. The molecule has 2 heterocycles. The van der Waals surface area contributed by atoms with Gasteiger partial charge < -0.3 is 15.5 Å². The predicted octanol–water partition coefficient (Wildman–Crippen LogP) is 4.66. The number of aromatic nitrogens is 3. The van der Waals surface area contributed by atoms with Crippen LogP contribution in [-0.2, 0) is 23.1 Å². The van der Waals surface area contributed by atoms with Crippen LogP contribution < -0.4 is 10.5 Å². The first-order valence-electron chi connectivity index (χ1n) is 9.98. The Kier molecular flexibility index (Phi) is 8.18. The van der Waals surface area contributed by atoms with Crippen molar-refractivity contribution in [2.45, 2.75) is 30.6 Å². The molecule has 0 saturated carbocycles. The summed E-state index contributed by atoms with van der Waals surface area (Å²) >= 11 is 0. The fraction of sp³-hybridized carbons (Fsp3) is 0.217. The van der Waals surface area contributed by atoms with Gasteiger partial charge in [0, 0.05) is 18.3 Å². The van der Waals surface area contributed by atoms with Crippen LogP contribution in [0.15, 0.2) is 72.0 Å². The number of hydrogen-bond donors (Lipinski definition) is 2. The monoisotopic (exact) mass is 476 g/mol. The molecule has 0 aliphatic rings. The summed E-state index contributed by atoms with van der Waals surface area (Å²) in [6, 6.07) is 18.6. The fourth-order valence-electron chi connectivity index (χ4n) is 2.86. The third-order valence-corrected chi connectivity index (χ3v) is 5.74. The summed E-state index contributed by atoms with van der Waals surface area (Å²) in [7, 11) is -1.51. The Labute approximate surface area is 191 Å². The molecule has 0 amide bonds. The summed E-state index contributed by atoms with van der Waals surface area (Å²) in [5, 5.41) is 0.295. The summed E-state index contributed by atoms with van der Waals surface area (Å²) in [5.41, 5.74) is 8.82. The van der Waals surface area contributed by atoms with Crippen LogP contribution in [-0.4, -0.2) is 31.9 Å². The van der Waals surface area contributed by atoms with Crippen LogP contribution >= 0.6 is 0 Å². The number of fused-ring (bicyclic) bond motifs is 1. The molecule has 33 heavy (non-hydrogen) atoms. The van der Waals surface area contributed by atoms with Gasteiger partial charge in [0.15, 0.2) is 11.8 Å². The first-order chi connectivity index (χ1) is 15.8. The maximum absolute atomic E-state index is 12.5. The Morgan fingerprint density at radius 3 is 2.39 bits per heavy atom. The molecule has 2 aromatic carbocycles. The van der Waals surface area contributed by atoms with Crippen LogP contribution in [0.1, 0.15) is 16.8 Å². The molecular weight excluding hydrogens is 453 g/mol. The van der Waals surface area contributed by atoms with Crippen LogP contribution in [0.25, 0.3) is 11.0 Å². The van der Waals surface area contributed by atoms with Crippen LogP contribution in [0.2, 0.25) is 0 Å². The number of alkyl halides is 3. The van der Waals surface area contributed by atoms with E-state index in [0.717, 1.165) is 5.52 Å². The van der Waals surface area contributed by atoms with E-state index < -0.39 is 23.6 Å². The summed E-state index contributed by atoms with van der Waals surface area (Å²) in [4.78, 5) is 11.3. The molecule has 0 fully saturated rings. The Morgan fingerprint density at radius 1 is 1.06 bits per heavy atom. The molecule has 0 spiro atoms. The Hall–Kier alpha value is -3.24. The minimum absolute atomic E-state index is 0.0227. The number of para-hydroxylation sites is 2. The molecule has 0 aliphatic heterocycles. The molecule has 174 valence electrons. The highest BCUT2D eigenvalue weighted by molar-refractivity contribution is 7.84. The quantitative estimate of drug-likeness (QED) is 0.422. The van der Waals surface area contributed by atoms with Gasteiger partial charge in [-0.05, 0) is 30.7 Å². The number of aromatic amines is 1. The Morgan fingerprint density at radius 2 is 1.76 bits per heavy atom. The molecule has 0 radical (unpaired) electrons. The number of benzene rings is 2. The van der Waals surface area contributed by atoms with Crippen LogP contribution in [0.5, 0.6) is 5.75 Å². The first-order valence-corrected chi connectivity index (χ1v) is 11.3. The van der Waals surface area contributed by atoms with E-state index >= 15 is 0 Å². The van der Waals surface area contributed by atoms with Gasteiger partial charge in [-0.3, -0.25) is 9.19 Å². The van der Waals surface area contributed by atoms with Gasteiger partial charge in [-0.1, -0.05) is 42.5 Å². The second-order valence-corrected chi connectivity index (χ2v) is 8.39. The van der Waals surface area contributed by atoms with Gasteiger partial charge in [0.25, 0.3) is 0 Å². The molecule has 1 unspecified atom stereocenters. The van der Waals surface area contributed by atoms with E-state index in [4.69, 9.17) is 10.5 Å². The molecule has 1 atom stereocenters. The number of nitrogens with zero attached hydrogens (tertiary/aromatic N) is 2. The minimum Gasteiger partial charge on any atom is -0.484 e. The minimum atomic E-state index is -4.42. The van der Waals surface area contributed by atoms with E-state index in [1.165, 1.54) is 17.8 Å². The molecule has 4 rings (SSSR count). The maximum atomic E-state index is 12.5. The lowest BCUT2D eigenvalue weighted by atomic mass is 10.2. The SMILES string of the molecule is Cc1c(OCC(F)(F)F)ccnc1CS(=O)c1nc2ccccc2[nH]1.NCc1ccccc1. The number of nitrogens with two attached hydrogens (primary N) is 1. The highest BCUT2D eigenvalue weighted by atomic mass is 32.2. The van der Waals surface area contributed by atoms with E-state index in [1.807, 2.05) is 48.5 Å². The van der Waals surface area contributed by atoms with E-state index in [-0.39, 0.29) is 11.5 Å². The highest BCUT2D eigenvalue weighted by Crippen LogP contribution is 2.24. The van der Waals surface area contributed by atoms with Crippen molar-refractivity contribution in [3.63, 3.8) is 0 Å². The third-order valence-electron chi connectivity index (χ3n) is 4.58. The van der Waals surface area contributed by atoms with Crippen molar-refractivity contribution >= 4 is 21.8 Å². The second kappa shape index (κ2) is 11.1. The van der Waals surface area contributed by atoms with Gasteiger partial charge >= 0.3 is 6.18 Å². The first kappa shape index (κ1) is 24.4. The molecule has 2 aromatic heterocycles. The molecule has 10 heteroatoms. The highest BCUT2D eigenvalue weighted by Gasteiger charge is 2.29. The van der Waals surface area contributed by atoms with Gasteiger partial charge in [-0.25, -0.2) is 4.98 Å². The normalized spacial score (nSPS) is 12.2. The van der Waals surface area contributed by atoms with Crippen LogP contribution in [0.3, 0.4) is 0 Å². The van der Waals surface area contributed by atoms with Gasteiger partial charge in [0.2, 0.25) is 0 Å². The molecule has 3 N–H and O–H groups in total. The summed E-state index contributed by atoms with van der Waals surface area (Å²) < 4.78 is 54.2. The fourth-order valence-corrected chi connectivity index (χ4v) is 3.96. The number of imidazole rings is 1. The van der Waals surface area contributed by atoms with Crippen LogP contribution in [0.4, 0.5) is 13.2 Å². The van der Waals surface area contributed by atoms with Gasteiger partial charge in [0.05, 0.1) is 33.3 Å². The smallest absolute Gasteiger partial charge is 0.422 e. The maximum Gasteiger partial charge on any atom is 0.422 e. The molecule has 0 saturated heterocycles. The largest absolute Gasteiger partial charge is 0.484 e. The third kappa shape index (κ3) is 7.13. The average Bonchev–Trinajstić information content (AvgIpc) is 3.25. The van der Waals surface area contributed by atoms with E-state index in [2.05, 4.69) is 15.0 Å². The number of nitrogens with one attached hydrogen (secondary N) is 1. The van der Waals surface area contributed by atoms with Crippen molar-refractivity contribution in [3.8, 4) is 5.75 Å². The van der Waals surface area contributed by atoms with Gasteiger partial charge in [0.1, 0.15) is 5.75 Å². The Bertz CT molecular complexity index is 1180. The number of rotatable bonds is 6. The zero-order chi connectivity index (χ0) is 23.8. The lowest BCUT2D eigenvalue weighted by Gasteiger charge is -2.13. The van der Waals surface area contributed by atoms with Gasteiger partial charge in [-0.15, -0.1) is 0 Å². The second-order valence-electron chi connectivity index (χ2n) is 7.02. The molecule has 0 aliphatic carbocycles. The predicted molar refractivity (Wildman–Crippen MR) is 121 cm³/mol. The number of H-pyrrole nitrogens is 1. The van der Waals surface area contributed by atoms with Crippen molar-refractivity contribution in [2.24, 2.45) is 5.73 Å². The molecular formula is C23H23F3N4O2S. The standard InChI is InChI=1S/C16H14F3N3O2S.C7H9N/c1-10-13(20-7-6-14(10)24-9-16(17,18)19)8-25(23)15-21-11-4-2-3-5-12(11)22-15;8-6-7-4-2-1-3-5-7/h2-7H,8-9H2,1H3,(H,21,22);1-5H,6,8H2. The van der Waals surface area contributed by atoms with Crippen molar-refractivity contribution in [1.82, 2.24) is 15.0 Å². The van der Waals surface area contributed by atoms with E-state index in [0.29, 0.717) is 28.5 Å². The van der Waals surface area contributed by atoms with E-state index in [9.17, 15) is 17.4 Å². The lowest BCUT2D eigenvalue weighted by Crippen LogP contribution is -2.19. The number of hydrogen-bond acceptors (Lipinski definition) is 5. The molecule has 6 nitrogen and oxygen atoms in total. The number of ether oxygens (including phenoxy) is 1. The van der Waals surface area contributed by atoms with E-state index in [1.54, 1.807) is 13.0 Å². The molecule has 4 aromatic rings. The van der Waals surface area contributed by atoms with Crippen molar-refractivity contribution in [3.05, 3.63) is 83.7 Å². The number of halogens is 3. The van der Waals surface area contributed by atoms with Crippen molar-refractivity contribution < 1.29 is 22.1 Å². The zero-order valence-electron chi connectivity index (χ0n) is 17.8. The van der Waals surface area contributed by atoms with Crippen molar-refractivity contribution in [2.75, 3.05) is 6.61 Å². The summed E-state index contributed by atoms with van der Waals surface area (Å²) in [6.45, 7) is 0.842. The van der Waals surface area contributed by atoms with Crippen molar-refractivity contribution in [1.29, 1.82) is 0 Å². The topological polar surface area (TPSA) is 93.9 Å². The summed E-state index contributed by atoms with van der Waals surface area (Å²) in [6.07, 6.45) is -3.09. The zero-order valence-corrected chi connectivity index (χ0v) is 18.6.